The molecule has 0 atom stereocenters. The Balaban J connectivity index is 1.05. The summed E-state index contributed by atoms with van der Waals surface area (Å²) >= 11 is 8.39. The molecule has 2 heterocycles. The van der Waals surface area contributed by atoms with Crippen molar-refractivity contribution in [2.75, 3.05) is 24.2 Å². The van der Waals surface area contributed by atoms with Gasteiger partial charge in [-0.05, 0) is 91.3 Å². The summed E-state index contributed by atoms with van der Waals surface area (Å²) in [6.45, 7) is 2.13. The smallest absolute Gasteiger partial charge is 0.141 e. The summed E-state index contributed by atoms with van der Waals surface area (Å²) < 4.78 is 25.5. The van der Waals surface area contributed by atoms with Crippen LogP contribution in [0.1, 0.15) is 17.7 Å². The fourth-order valence-electron chi connectivity index (χ4n) is 4.87. The van der Waals surface area contributed by atoms with Gasteiger partial charge in [-0.25, -0.2) is 14.4 Å². The van der Waals surface area contributed by atoms with E-state index in [1.54, 1.807) is 24.3 Å². The summed E-state index contributed by atoms with van der Waals surface area (Å²) in [5, 5.41) is 8.16. The van der Waals surface area contributed by atoms with Crippen molar-refractivity contribution < 1.29 is 13.5 Å². The number of nitrogens with zero attached hydrogens (tertiary/aromatic N) is 2. The molecule has 6 nitrogen and oxygen atoms in total. The highest BCUT2D eigenvalue weighted by molar-refractivity contribution is 7.99. The van der Waals surface area contributed by atoms with Gasteiger partial charge < -0.3 is 19.8 Å². The first kappa shape index (κ1) is 30.6. The maximum absolute atomic E-state index is 13.5. The van der Waals surface area contributed by atoms with Gasteiger partial charge in [-0.2, -0.15) is 0 Å². The minimum absolute atomic E-state index is 0.212. The third kappa shape index (κ3) is 8.42. The molecule has 0 aliphatic rings. The topological polar surface area (TPSA) is 72.2 Å². The fourth-order valence-corrected chi connectivity index (χ4v) is 5.93. The molecule has 0 radical (unpaired) electrons. The van der Waals surface area contributed by atoms with Crippen LogP contribution < -0.4 is 15.4 Å². The Hall–Kier alpha value is -4.37. The van der Waals surface area contributed by atoms with Gasteiger partial charge in [0.05, 0.1) is 10.5 Å². The van der Waals surface area contributed by atoms with E-state index in [2.05, 4.69) is 44.9 Å². The van der Waals surface area contributed by atoms with Crippen molar-refractivity contribution in [3.63, 3.8) is 0 Å². The number of aromatic nitrogens is 2. The molecule has 45 heavy (non-hydrogen) atoms. The van der Waals surface area contributed by atoms with E-state index in [1.807, 2.05) is 54.2 Å². The molecule has 6 rings (SSSR count). The maximum atomic E-state index is 13.5. The molecule has 9 heteroatoms. The van der Waals surface area contributed by atoms with E-state index in [0.717, 1.165) is 70.9 Å². The van der Waals surface area contributed by atoms with Crippen LogP contribution in [0.25, 0.3) is 22.2 Å². The fraction of sp³-hybridized carbons (Fsp3) is 0.167. The number of rotatable bonds is 14. The summed E-state index contributed by atoms with van der Waals surface area (Å²) in [4.78, 5) is 10.2. The first-order chi connectivity index (χ1) is 22.1. The van der Waals surface area contributed by atoms with Crippen molar-refractivity contribution in [1.29, 1.82) is 0 Å². The van der Waals surface area contributed by atoms with Crippen LogP contribution in [-0.2, 0) is 13.0 Å². The third-order valence-corrected chi connectivity index (χ3v) is 8.44. The number of ether oxygens (including phenoxy) is 1. The number of benzene rings is 4. The minimum atomic E-state index is -0.303. The monoisotopic (exact) mass is 638 g/mol. The van der Waals surface area contributed by atoms with Gasteiger partial charge in [0.15, 0.2) is 0 Å². The van der Waals surface area contributed by atoms with Gasteiger partial charge in [0.2, 0.25) is 0 Å². The van der Waals surface area contributed by atoms with Crippen LogP contribution in [0.3, 0.4) is 0 Å². The van der Waals surface area contributed by atoms with Gasteiger partial charge in [0.1, 0.15) is 41.8 Å². The van der Waals surface area contributed by atoms with Gasteiger partial charge in [0.25, 0.3) is 0 Å². The average molecular weight is 639 g/mol. The van der Waals surface area contributed by atoms with Gasteiger partial charge in [-0.1, -0.05) is 41.9 Å². The lowest BCUT2D eigenvalue weighted by Crippen LogP contribution is -2.18. The van der Waals surface area contributed by atoms with Gasteiger partial charge in [-0.15, -0.1) is 11.8 Å². The van der Waals surface area contributed by atoms with Crippen LogP contribution >= 0.6 is 23.4 Å². The molecule has 0 unspecified atom stereocenters. The molecule has 2 aromatic heterocycles. The van der Waals surface area contributed by atoms with Gasteiger partial charge in [-0.3, -0.25) is 0 Å². The molecule has 6 aromatic rings. The van der Waals surface area contributed by atoms with E-state index >= 15 is 0 Å². The van der Waals surface area contributed by atoms with E-state index in [0.29, 0.717) is 16.6 Å². The highest BCUT2D eigenvalue weighted by Crippen LogP contribution is 2.33. The molecule has 0 aliphatic heterocycles. The van der Waals surface area contributed by atoms with Gasteiger partial charge >= 0.3 is 0 Å². The highest BCUT2D eigenvalue weighted by Gasteiger charge is 2.11. The Bertz CT molecular complexity index is 1870. The first-order valence-corrected chi connectivity index (χ1v) is 16.1. The third-order valence-electron chi connectivity index (χ3n) is 7.13. The van der Waals surface area contributed by atoms with Crippen molar-refractivity contribution >= 4 is 45.8 Å². The molecule has 0 spiro atoms. The second-order valence-electron chi connectivity index (χ2n) is 10.4. The molecule has 228 valence electrons. The Morgan fingerprint density at radius 2 is 1.78 bits per heavy atom. The predicted molar refractivity (Wildman–Crippen MR) is 181 cm³/mol. The quantitative estimate of drug-likeness (QED) is 0.0910. The van der Waals surface area contributed by atoms with Crippen LogP contribution in [0.5, 0.6) is 5.75 Å². The van der Waals surface area contributed by atoms with Crippen molar-refractivity contribution in [1.82, 2.24) is 15.3 Å². The lowest BCUT2D eigenvalue weighted by Gasteiger charge is -2.12. The lowest BCUT2D eigenvalue weighted by molar-refractivity contribution is 0.306. The van der Waals surface area contributed by atoms with Crippen LogP contribution in [-0.4, -0.2) is 28.8 Å². The number of thioether (sulfide) groups is 1. The van der Waals surface area contributed by atoms with Crippen LogP contribution in [0.15, 0.2) is 119 Å². The largest absolute Gasteiger partial charge is 0.487 e. The zero-order valence-corrected chi connectivity index (χ0v) is 26.1. The second-order valence-corrected chi connectivity index (χ2v) is 12.0. The molecule has 0 bridgehead atoms. The summed E-state index contributed by atoms with van der Waals surface area (Å²) in [5.41, 5.74) is 3.22. The Kier molecular flexibility index (Phi) is 10.3. The molecule has 2 N–H and O–H groups in total. The van der Waals surface area contributed by atoms with E-state index in [4.69, 9.17) is 20.8 Å². The molecule has 0 aliphatic carbocycles. The summed E-state index contributed by atoms with van der Waals surface area (Å²) in [5.74, 6) is 3.66. The number of hydrogen-bond acceptors (Lipinski definition) is 7. The number of aryl methyl sites for hydroxylation is 1. The summed E-state index contributed by atoms with van der Waals surface area (Å²) in [6.07, 6.45) is 3.40. The van der Waals surface area contributed by atoms with E-state index in [-0.39, 0.29) is 12.4 Å². The van der Waals surface area contributed by atoms with Crippen molar-refractivity contribution in [2.45, 2.75) is 24.3 Å². The molecule has 0 fully saturated rings. The van der Waals surface area contributed by atoms with Crippen LogP contribution in [0.2, 0.25) is 5.02 Å². The van der Waals surface area contributed by atoms with E-state index < -0.39 is 0 Å². The van der Waals surface area contributed by atoms with E-state index in [1.165, 1.54) is 23.4 Å². The van der Waals surface area contributed by atoms with Crippen molar-refractivity contribution in [3.05, 3.63) is 132 Å². The summed E-state index contributed by atoms with van der Waals surface area (Å²) in [6, 6.07) is 32.2. The second kappa shape index (κ2) is 15.1. The highest BCUT2D eigenvalue weighted by atomic mass is 35.5. The van der Waals surface area contributed by atoms with Crippen LogP contribution in [0.4, 0.5) is 15.9 Å². The predicted octanol–water partition coefficient (Wildman–Crippen LogP) is 9.32. The van der Waals surface area contributed by atoms with Crippen molar-refractivity contribution in [2.24, 2.45) is 0 Å². The Morgan fingerprint density at radius 3 is 2.64 bits per heavy atom. The average Bonchev–Trinajstić information content (AvgIpc) is 3.53. The maximum Gasteiger partial charge on any atom is 0.141 e. The molecular formula is C36H32ClFN4O2S. The standard InChI is InChI=1S/C36H32ClFN4O2S/c37-32-22-28(12-15-35(32)43-23-25-6-4-7-27(38)20-25)42-36-31-21-26(11-14-33(31)40-24-41-36)34-16-13-29(44-34)8-5-17-39-18-19-45-30-9-2-1-3-10-30/h1-4,6-7,9-16,20-22,24,39H,5,8,17-19,23H2,(H,40,41,42). The van der Waals surface area contributed by atoms with Crippen molar-refractivity contribution in [3.8, 4) is 17.1 Å². The Labute approximate surface area is 271 Å². The van der Waals surface area contributed by atoms with Crippen LogP contribution in [0, 0.1) is 5.82 Å². The van der Waals surface area contributed by atoms with Gasteiger partial charge in [0, 0.05) is 40.3 Å². The minimum Gasteiger partial charge on any atom is -0.487 e. The summed E-state index contributed by atoms with van der Waals surface area (Å²) in [7, 11) is 0. The zero-order chi connectivity index (χ0) is 30.8. The molecule has 4 aromatic carbocycles. The SMILES string of the molecule is Fc1cccc(COc2ccc(Nc3ncnc4ccc(-c5ccc(CCCNCCSc6ccccc6)o5)cc34)cc2Cl)c1. The van der Waals surface area contributed by atoms with E-state index in [9.17, 15) is 4.39 Å². The Morgan fingerprint density at radius 1 is 0.867 bits per heavy atom. The number of fused-ring (bicyclic) bond motifs is 1. The number of halogens is 2. The number of hydrogen-bond donors (Lipinski definition) is 2. The zero-order valence-electron chi connectivity index (χ0n) is 24.5. The molecule has 0 saturated carbocycles. The lowest BCUT2D eigenvalue weighted by atomic mass is 10.1. The normalized spacial score (nSPS) is 11.2. The molecule has 0 amide bonds. The number of nitrogens with one attached hydrogen (secondary N) is 2. The number of anilines is 2. The molecular weight excluding hydrogens is 607 g/mol. The number of furan rings is 1. The first-order valence-electron chi connectivity index (χ1n) is 14.8. The molecule has 0 saturated heterocycles.